The van der Waals surface area contributed by atoms with E-state index in [-0.39, 0.29) is 18.5 Å². The number of aliphatic hydroxyl groups excluding tert-OH is 2. The summed E-state index contributed by atoms with van der Waals surface area (Å²) in [6.45, 7) is 5.02. The molecule has 508 valence electrons. The molecule has 0 saturated carbocycles. The Morgan fingerprint density at radius 3 is 0.718 bits per heavy atom. The lowest BCUT2D eigenvalue weighted by Gasteiger charge is -2.22. The summed E-state index contributed by atoms with van der Waals surface area (Å²) in [5.41, 5.74) is 0. The number of aliphatic hydroxyl groups is 2. The van der Waals surface area contributed by atoms with Crippen LogP contribution in [0.3, 0.4) is 0 Å². The minimum atomic E-state index is -0.662. The quantitative estimate of drug-likeness (QED) is 0.0417. The van der Waals surface area contributed by atoms with Gasteiger partial charge < -0.3 is 20.3 Å². The Morgan fingerprint density at radius 2 is 0.482 bits per heavy atom. The van der Waals surface area contributed by atoms with Crippen LogP contribution in [-0.2, 0) is 14.3 Å². The highest BCUT2D eigenvalue weighted by atomic mass is 16.5. The maximum atomic E-state index is 12.6. The van der Waals surface area contributed by atoms with Crippen LogP contribution in [0.1, 0.15) is 470 Å². The van der Waals surface area contributed by atoms with Crippen molar-refractivity contribution in [1.82, 2.24) is 5.32 Å². The number of ether oxygens (including phenoxy) is 1. The fourth-order valence-electron chi connectivity index (χ4n) is 13.1. The van der Waals surface area contributed by atoms with Crippen LogP contribution in [0.5, 0.6) is 0 Å². The van der Waals surface area contributed by atoms with Crippen molar-refractivity contribution in [3.05, 3.63) is 0 Å². The Labute approximate surface area is 534 Å². The van der Waals surface area contributed by atoms with E-state index in [9.17, 15) is 19.8 Å². The second-order valence-electron chi connectivity index (χ2n) is 27.8. The molecule has 0 aromatic carbocycles. The summed E-state index contributed by atoms with van der Waals surface area (Å²) in [4.78, 5) is 24.7. The van der Waals surface area contributed by atoms with E-state index in [1.54, 1.807) is 0 Å². The number of hydrogen-bond donors (Lipinski definition) is 3. The lowest BCUT2D eigenvalue weighted by atomic mass is 10.0. The third kappa shape index (κ3) is 71.8. The molecule has 0 saturated heterocycles. The molecule has 3 N–H and O–H groups in total. The Morgan fingerprint density at radius 1 is 0.282 bits per heavy atom. The van der Waals surface area contributed by atoms with Crippen molar-refractivity contribution in [3.63, 3.8) is 0 Å². The third-order valence-corrected chi connectivity index (χ3v) is 19.2. The van der Waals surface area contributed by atoms with Gasteiger partial charge in [0.25, 0.3) is 0 Å². The maximum Gasteiger partial charge on any atom is 0.305 e. The molecular formula is C79H157NO5. The fraction of sp³-hybridized carbons (Fsp3) is 0.975. The maximum absolute atomic E-state index is 12.6. The highest BCUT2D eigenvalue weighted by molar-refractivity contribution is 5.76. The average Bonchev–Trinajstić information content (AvgIpc) is 3.51. The van der Waals surface area contributed by atoms with E-state index in [4.69, 9.17) is 4.74 Å². The van der Waals surface area contributed by atoms with Gasteiger partial charge in [0.05, 0.1) is 25.4 Å². The van der Waals surface area contributed by atoms with Crippen LogP contribution >= 0.6 is 0 Å². The number of unbranched alkanes of at least 4 members (excludes halogenated alkanes) is 65. The van der Waals surface area contributed by atoms with Crippen molar-refractivity contribution in [2.75, 3.05) is 13.2 Å². The lowest BCUT2D eigenvalue weighted by Crippen LogP contribution is -2.45. The summed E-state index contributed by atoms with van der Waals surface area (Å²) in [6, 6.07) is -0.539. The lowest BCUT2D eigenvalue weighted by molar-refractivity contribution is -0.143. The van der Waals surface area contributed by atoms with E-state index in [0.717, 1.165) is 38.5 Å². The molecule has 0 aromatic heterocycles. The normalized spacial score (nSPS) is 12.4. The molecule has 0 radical (unpaired) electrons. The number of esters is 1. The van der Waals surface area contributed by atoms with Gasteiger partial charge >= 0.3 is 5.97 Å². The second-order valence-corrected chi connectivity index (χ2v) is 27.8. The summed E-state index contributed by atoms with van der Waals surface area (Å²) in [6.07, 6.45) is 93.4. The molecule has 6 heteroatoms. The summed E-state index contributed by atoms with van der Waals surface area (Å²) >= 11 is 0. The average molecular weight is 1200 g/mol. The number of rotatable bonds is 76. The number of nitrogens with one attached hydrogen (secondary N) is 1. The van der Waals surface area contributed by atoms with Crippen molar-refractivity contribution in [2.24, 2.45) is 0 Å². The highest BCUT2D eigenvalue weighted by Crippen LogP contribution is 2.21. The van der Waals surface area contributed by atoms with E-state index >= 15 is 0 Å². The Balaban J connectivity index is 3.32. The van der Waals surface area contributed by atoms with Gasteiger partial charge in [-0.3, -0.25) is 9.59 Å². The van der Waals surface area contributed by atoms with Crippen molar-refractivity contribution in [1.29, 1.82) is 0 Å². The van der Waals surface area contributed by atoms with Gasteiger partial charge in [-0.15, -0.1) is 0 Å². The number of amides is 1. The summed E-state index contributed by atoms with van der Waals surface area (Å²) in [7, 11) is 0. The molecule has 1 amide bonds. The summed E-state index contributed by atoms with van der Waals surface area (Å²) in [5.74, 6) is -0.000301. The van der Waals surface area contributed by atoms with Crippen LogP contribution in [0.25, 0.3) is 0 Å². The molecule has 2 atom stereocenters. The van der Waals surface area contributed by atoms with Crippen molar-refractivity contribution in [3.8, 4) is 0 Å². The van der Waals surface area contributed by atoms with Crippen LogP contribution in [0.4, 0.5) is 0 Å². The summed E-state index contributed by atoms with van der Waals surface area (Å²) in [5, 5.41) is 23.5. The first-order valence-corrected chi connectivity index (χ1v) is 39.8. The van der Waals surface area contributed by atoms with E-state index in [1.165, 1.54) is 398 Å². The van der Waals surface area contributed by atoms with Gasteiger partial charge in [-0.05, 0) is 25.7 Å². The van der Waals surface area contributed by atoms with Crippen LogP contribution in [0.2, 0.25) is 0 Å². The molecule has 0 aliphatic carbocycles. The molecule has 0 bridgehead atoms. The van der Waals surface area contributed by atoms with Crippen molar-refractivity contribution < 1.29 is 24.5 Å². The molecule has 0 aliphatic rings. The fourth-order valence-corrected chi connectivity index (χ4v) is 13.1. The first-order valence-electron chi connectivity index (χ1n) is 39.8. The molecule has 6 nitrogen and oxygen atoms in total. The van der Waals surface area contributed by atoms with Crippen LogP contribution < -0.4 is 5.32 Å². The standard InChI is InChI=1S/C79H157NO5/c1-3-5-7-9-11-13-15-17-19-21-22-23-31-34-37-40-43-47-51-55-59-63-67-71-77(82)76(75-81)80-78(83)72-68-64-60-56-52-48-44-41-38-35-32-29-27-25-24-26-28-30-33-36-39-42-46-50-54-58-62-66-70-74-85-79(84)73-69-65-61-57-53-49-45-20-18-16-14-12-10-8-6-4-2/h76-77,81-82H,3-75H2,1-2H3,(H,80,83). The van der Waals surface area contributed by atoms with Gasteiger partial charge in [0, 0.05) is 12.8 Å². The van der Waals surface area contributed by atoms with Crippen LogP contribution in [0, 0.1) is 0 Å². The van der Waals surface area contributed by atoms with Gasteiger partial charge in [-0.25, -0.2) is 0 Å². The Bertz CT molecular complexity index is 1240. The highest BCUT2D eigenvalue weighted by Gasteiger charge is 2.20. The Kier molecular flexibility index (Phi) is 74.3. The largest absolute Gasteiger partial charge is 0.466 e. The van der Waals surface area contributed by atoms with Gasteiger partial charge in [-0.2, -0.15) is 0 Å². The van der Waals surface area contributed by atoms with Gasteiger partial charge in [0.15, 0.2) is 0 Å². The zero-order valence-electron chi connectivity index (χ0n) is 58.4. The smallest absolute Gasteiger partial charge is 0.305 e. The topological polar surface area (TPSA) is 95.9 Å². The van der Waals surface area contributed by atoms with Crippen LogP contribution in [-0.4, -0.2) is 47.4 Å². The van der Waals surface area contributed by atoms with E-state index in [2.05, 4.69) is 19.2 Å². The molecule has 0 aliphatic heterocycles. The van der Waals surface area contributed by atoms with E-state index in [1.807, 2.05) is 0 Å². The third-order valence-electron chi connectivity index (χ3n) is 19.2. The molecule has 0 rings (SSSR count). The molecule has 2 unspecified atom stereocenters. The van der Waals surface area contributed by atoms with E-state index < -0.39 is 12.1 Å². The number of carbonyl (C=O) groups is 2. The predicted octanol–water partition coefficient (Wildman–Crippen LogP) is 26.1. The zero-order chi connectivity index (χ0) is 61.3. The molecular weight excluding hydrogens is 1040 g/mol. The van der Waals surface area contributed by atoms with Crippen molar-refractivity contribution >= 4 is 11.9 Å². The minimum absolute atomic E-state index is 0.0246. The zero-order valence-corrected chi connectivity index (χ0v) is 58.4. The molecule has 0 aromatic rings. The van der Waals surface area contributed by atoms with Crippen molar-refractivity contribution in [2.45, 2.75) is 482 Å². The van der Waals surface area contributed by atoms with Gasteiger partial charge in [-0.1, -0.05) is 431 Å². The Hall–Kier alpha value is -1.14. The molecule has 0 spiro atoms. The summed E-state index contributed by atoms with van der Waals surface area (Å²) < 4.78 is 5.51. The number of carbonyl (C=O) groups excluding carboxylic acids is 2. The predicted molar refractivity (Wildman–Crippen MR) is 375 cm³/mol. The van der Waals surface area contributed by atoms with Crippen LogP contribution in [0.15, 0.2) is 0 Å². The second kappa shape index (κ2) is 75.3. The minimum Gasteiger partial charge on any atom is -0.466 e. The van der Waals surface area contributed by atoms with Gasteiger partial charge in [0.1, 0.15) is 0 Å². The first-order chi connectivity index (χ1) is 42.0. The SMILES string of the molecule is CCCCCCCCCCCCCCCCCCCCCCCCCC(O)C(CO)NC(=O)CCCCCCCCCCCCCCCCCCCCCCCCCCCCCCCOC(=O)CCCCCCCCCCCCCCCCCC. The number of hydrogen-bond acceptors (Lipinski definition) is 5. The van der Waals surface area contributed by atoms with Gasteiger partial charge in [0.2, 0.25) is 5.91 Å². The molecule has 85 heavy (non-hydrogen) atoms. The van der Waals surface area contributed by atoms with E-state index in [0.29, 0.717) is 25.9 Å². The first kappa shape index (κ1) is 83.9. The molecule has 0 fully saturated rings. The monoisotopic (exact) mass is 1200 g/mol. The molecule has 0 heterocycles.